The van der Waals surface area contributed by atoms with Crippen LogP contribution in [0, 0.1) is 0 Å². The molecule has 4 nitrogen and oxygen atoms in total. The molecule has 1 N–H and O–H groups in total. The zero-order valence-corrected chi connectivity index (χ0v) is 16.0. The fourth-order valence-electron chi connectivity index (χ4n) is 3.82. The summed E-state index contributed by atoms with van der Waals surface area (Å²) in [5.41, 5.74) is 2.60. The van der Waals surface area contributed by atoms with Crippen molar-refractivity contribution in [3.63, 3.8) is 0 Å². The van der Waals surface area contributed by atoms with Crippen molar-refractivity contribution in [2.45, 2.75) is 32.2 Å². The number of likely N-dealkylation sites (tertiary alicyclic amines) is 1. The highest BCUT2D eigenvalue weighted by atomic mass is 16.2. The molecular weight excluding hydrogens is 348 g/mol. The van der Waals surface area contributed by atoms with Gasteiger partial charge in [0.05, 0.1) is 0 Å². The molecule has 1 aliphatic rings. The Balaban J connectivity index is 1.49. The third-order valence-corrected chi connectivity index (χ3v) is 5.44. The quantitative estimate of drug-likeness (QED) is 0.725. The number of benzene rings is 3. The topological polar surface area (TPSA) is 49.4 Å². The molecule has 3 aromatic carbocycles. The van der Waals surface area contributed by atoms with Crippen molar-refractivity contribution >= 4 is 28.3 Å². The average molecular weight is 372 g/mol. The van der Waals surface area contributed by atoms with Gasteiger partial charge in [-0.25, -0.2) is 0 Å². The highest BCUT2D eigenvalue weighted by Gasteiger charge is 2.34. The average Bonchev–Trinajstić information content (AvgIpc) is 3.23. The van der Waals surface area contributed by atoms with Gasteiger partial charge in [-0.05, 0) is 59.9 Å². The Morgan fingerprint density at radius 1 is 1.00 bits per heavy atom. The van der Waals surface area contributed by atoms with Crippen LogP contribution in [0.25, 0.3) is 10.8 Å². The molecule has 1 saturated heterocycles. The first-order chi connectivity index (χ1) is 13.7. The summed E-state index contributed by atoms with van der Waals surface area (Å²) in [6, 6.07) is 21.2. The van der Waals surface area contributed by atoms with E-state index in [4.69, 9.17) is 0 Å². The molecule has 0 saturated carbocycles. The number of anilines is 1. The van der Waals surface area contributed by atoms with E-state index >= 15 is 0 Å². The zero-order valence-electron chi connectivity index (χ0n) is 16.0. The molecule has 0 bridgehead atoms. The molecule has 28 heavy (non-hydrogen) atoms. The summed E-state index contributed by atoms with van der Waals surface area (Å²) in [6.07, 6.45) is 2.47. The fraction of sp³-hybridized carbons (Fsp3) is 0.250. The smallest absolute Gasteiger partial charge is 0.254 e. The Morgan fingerprint density at radius 2 is 1.75 bits per heavy atom. The van der Waals surface area contributed by atoms with E-state index in [0.29, 0.717) is 18.5 Å². The van der Waals surface area contributed by atoms with Crippen molar-refractivity contribution in [3.8, 4) is 0 Å². The van der Waals surface area contributed by atoms with Gasteiger partial charge in [0, 0.05) is 17.8 Å². The van der Waals surface area contributed by atoms with Gasteiger partial charge in [-0.3, -0.25) is 9.59 Å². The summed E-state index contributed by atoms with van der Waals surface area (Å²) in [7, 11) is 0. The van der Waals surface area contributed by atoms with E-state index in [2.05, 4.69) is 12.2 Å². The molecule has 142 valence electrons. The summed E-state index contributed by atoms with van der Waals surface area (Å²) in [5, 5.41) is 5.21. The predicted octanol–water partition coefficient (Wildman–Crippen LogP) is 4.65. The monoisotopic (exact) mass is 372 g/mol. The number of hydrogen-bond donors (Lipinski definition) is 1. The third kappa shape index (κ3) is 3.63. The minimum absolute atomic E-state index is 0.0705. The summed E-state index contributed by atoms with van der Waals surface area (Å²) in [6.45, 7) is 2.70. The molecule has 0 aromatic heterocycles. The van der Waals surface area contributed by atoms with E-state index in [0.717, 1.165) is 29.3 Å². The molecule has 1 aliphatic heterocycles. The van der Waals surface area contributed by atoms with Gasteiger partial charge in [0.2, 0.25) is 5.91 Å². The van der Waals surface area contributed by atoms with Crippen molar-refractivity contribution in [2.75, 3.05) is 11.9 Å². The number of hydrogen-bond acceptors (Lipinski definition) is 2. The lowest BCUT2D eigenvalue weighted by Gasteiger charge is -2.24. The number of nitrogens with zero attached hydrogens (tertiary/aromatic N) is 1. The van der Waals surface area contributed by atoms with E-state index < -0.39 is 6.04 Å². The minimum atomic E-state index is -0.426. The van der Waals surface area contributed by atoms with Gasteiger partial charge < -0.3 is 10.2 Å². The number of nitrogens with one attached hydrogen (secondary N) is 1. The molecule has 3 aromatic rings. The fourth-order valence-corrected chi connectivity index (χ4v) is 3.82. The summed E-state index contributed by atoms with van der Waals surface area (Å²) < 4.78 is 0. The number of rotatable bonds is 4. The van der Waals surface area contributed by atoms with Crippen molar-refractivity contribution in [3.05, 3.63) is 77.9 Å². The van der Waals surface area contributed by atoms with Gasteiger partial charge >= 0.3 is 0 Å². The lowest BCUT2D eigenvalue weighted by Crippen LogP contribution is -2.43. The second-order valence-corrected chi connectivity index (χ2v) is 7.26. The van der Waals surface area contributed by atoms with E-state index in [9.17, 15) is 9.59 Å². The maximum absolute atomic E-state index is 12.9. The van der Waals surface area contributed by atoms with E-state index in [1.807, 2.05) is 66.7 Å². The Morgan fingerprint density at radius 3 is 2.50 bits per heavy atom. The zero-order chi connectivity index (χ0) is 19.5. The largest absolute Gasteiger partial charge is 0.327 e. The number of carbonyl (C=O) groups is 2. The molecule has 1 atom stereocenters. The summed E-state index contributed by atoms with van der Waals surface area (Å²) >= 11 is 0. The molecule has 0 spiro atoms. The van der Waals surface area contributed by atoms with Crippen LogP contribution in [0.1, 0.15) is 35.7 Å². The van der Waals surface area contributed by atoms with Crippen molar-refractivity contribution in [1.29, 1.82) is 0 Å². The highest BCUT2D eigenvalue weighted by Crippen LogP contribution is 2.24. The van der Waals surface area contributed by atoms with E-state index in [1.165, 1.54) is 5.56 Å². The lowest BCUT2D eigenvalue weighted by atomic mass is 10.1. The van der Waals surface area contributed by atoms with Crippen LogP contribution >= 0.6 is 0 Å². The number of carbonyl (C=O) groups excluding carboxylic acids is 2. The number of fused-ring (bicyclic) bond motifs is 1. The first-order valence-electron chi connectivity index (χ1n) is 9.85. The van der Waals surface area contributed by atoms with Gasteiger partial charge in [-0.15, -0.1) is 0 Å². The highest BCUT2D eigenvalue weighted by molar-refractivity contribution is 6.02. The van der Waals surface area contributed by atoms with Gasteiger partial charge in [-0.1, -0.05) is 49.4 Å². The van der Waals surface area contributed by atoms with Crippen LogP contribution in [0.15, 0.2) is 66.7 Å². The maximum atomic E-state index is 12.9. The molecule has 1 fully saturated rings. The Kier molecular flexibility index (Phi) is 5.11. The van der Waals surface area contributed by atoms with Crippen molar-refractivity contribution in [2.24, 2.45) is 0 Å². The molecule has 4 heteroatoms. The molecule has 1 heterocycles. The second-order valence-electron chi connectivity index (χ2n) is 7.26. The molecule has 0 aliphatic carbocycles. The van der Waals surface area contributed by atoms with Gasteiger partial charge in [0.25, 0.3) is 5.91 Å². The van der Waals surface area contributed by atoms with Crippen LogP contribution in [0.5, 0.6) is 0 Å². The van der Waals surface area contributed by atoms with Crippen LogP contribution in [0.2, 0.25) is 0 Å². The van der Waals surface area contributed by atoms with Crippen LogP contribution in [0.4, 0.5) is 5.69 Å². The molecular formula is C24H24N2O2. The Hall–Kier alpha value is -3.14. The molecule has 0 radical (unpaired) electrons. The first kappa shape index (κ1) is 18.2. The number of amides is 2. The normalized spacial score (nSPS) is 16.3. The minimum Gasteiger partial charge on any atom is -0.327 e. The van der Waals surface area contributed by atoms with Crippen LogP contribution < -0.4 is 5.32 Å². The summed E-state index contributed by atoms with van der Waals surface area (Å²) in [5.74, 6) is -0.190. The molecule has 0 unspecified atom stereocenters. The molecule has 4 rings (SSSR count). The van der Waals surface area contributed by atoms with Gasteiger partial charge in [-0.2, -0.15) is 0 Å². The third-order valence-electron chi connectivity index (χ3n) is 5.44. The summed E-state index contributed by atoms with van der Waals surface area (Å²) in [4.78, 5) is 27.5. The van der Waals surface area contributed by atoms with Crippen LogP contribution in [-0.4, -0.2) is 29.3 Å². The van der Waals surface area contributed by atoms with E-state index in [-0.39, 0.29) is 11.8 Å². The standard InChI is InChI=1S/C24H24N2O2/c1-2-17-9-11-19(12-10-17)24(28)26-15-5-8-22(26)23(27)25-21-14-13-18-6-3-4-7-20(18)16-21/h3-4,6-7,9-14,16,22H,2,5,8,15H2,1H3,(H,25,27)/t22-/m0/s1. The Labute approximate surface area is 165 Å². The predicted molar refractivity (Wildman–Crippen MR) is 112 cm³/mol. The first-order valence-corrected chi connectivity index (χ1v) is 9.85. The van der Waals surface area contributed by atoms with Crippen molar-refractivity contribution in [1.82, 2.24) is 4.90 Å². The van der Waals surface area contributed by atoms with Crippen molar-refractivity contribution < 1.29 is 9.59 Å². The van der Waals surface area contributed by atoms with Gasteiger partial charge in [0.1, 0.15) is 6.04 Å². The maximum Gasteiger partial charge on any atom is 0.254 e. The SMILES string of the molecule is CCc1ccc(C(=O)N2CCC[C@H]2C(=O)Nc2ccc3ccccc3c2)cc1. The van der Waals surface area contributed by atoms with E-state index in [1.54, 1.807) is 4.90 Å². The second kappa shape index (κ2) is 7.85. The molecule has 2 amide bonds. The Bertz CT molecular complexity index is 1010. The number of aryl methyl sites for hydroxylation is 1. The van der Waals surface area contributed by atoms with Crippen LogP contribution in [-0.2, 0) is 11.2 Å². The van der Waals surface area contributed by atoms with Crippen LogP contribution in [0.3, 0.4) is 0 Å². The van der Waals surface area contributed by atoms with Gasteiger partial charge in [0.15, 0.2) is 0 Å². The lowest BCUT2D eigenvalue weighted by molar-refractivity contribution is -0.119.